The number of amides is 1. The highest BCUT2D eigenvalue weighted by Crippen LogP contribution is 2.25. The molecule has 2 N–H and O–H groups in total. The molecule has 0 atom stereocenters. The van der Waals surface area contributed by atoms with E-state index in [0.717, 1.165) is 11.3 Å². The second-order valence-electron chi connectivity index (χ2n) is 6.39. The van der Waals surface area contributed by atoms with Crippen LogP contribution in [0, 0.1) is 6.92 Å². The molecule has 8 nitrogen and oxygen atoms in total. The number of hydrogen-bond acceptors (Lipinski definition) is 5. The highest BCUT2D eigenvalue weighted by molar-refractivity contribution is 5.91. The highest BCUT2D eigenvalue weighted by atomic mass is 16.1. The number of benzene rings is 1. The van der Waals surface area contributed by atoms with Gasteiger partial charge in [-0.1, -0.05) is 18.2 Å². The van der Waals surface area contributed by atoms with Crippen molar-refractivity contribution in [2.75, 3.05) is 11.9 Å². The van der Waals surface area contributed by atoms with Crippen molar-refractivity contribution in [3.63, 3.8) is 0 Å². The number of primary amides is 1. The molecule has 0 aliphatic rings. The molecular formula is C20H18N6O2. The molecule has 0 radical (unpaired) electrons. The zero-order valence-electron chi connectivity index (χ0n) is 15.4. The summed E-state index contributed by atoms with van der Waals surface area (Å²) in [6.45, 7) is 1.94. The van der Waals surface area contributed by atoms with Crippen molar-refractivity contribution in [3.05, 3.63) is 82.5 Å². The van der Waals surface area contributed by atoms with E-state index in [2.05, 4.69) is 10.1 Å². The first kappa shape index (κ1) is 17.5. The van der Waals surface area contributed by atoms with Gasteiger partial charge in [0.05, 0.1) is 5.69 Å². The van der Waals surface area contributed by atoms with Crippen LogP contribution in [0.4, 0.5) is 11.6 Å². The lowest BCUT2D eigenvalue weighted by atomic mass is 10.2. The molecule has 0 saturated heterocycles. The number of para-hydroxylation sites is 1. The molecule has 1 amide bonds. The monoisotopic (exact) mass is 374 g/mol. The third kappa shape index (κ3) is 2.81. The number of aromatic nitrogens is 4. The Balaban J connectivity index is 1.99. The standard InChI is InChI=1S/C20H18N6O2/c1-13-6-3-4-7-16(13)26-19(28)17-8-5-11-25(17)23-20(26)24(2)14-9-10-22-15(12-14)18(21)27/h3-12H,1-2H3,(H2,21,27). The Morgan fingerprint density at radius 1 is 1.14 bits per heavy atom. The first-order chi connectivity index (χ1) is 13.5. The van der Waals surface area contributed by atoms with E-state index in [1.807, 2.05) is 31.2 Å². The Morgan fingerprint density at radius 2 is 1.93 bits per heavy atom. The summed E-state index contributed by atoms with van der Waals surface area (Å²) >= 11 is 0. The number of nitrogens with zero attached hydrogens (tertiary/aromatic N) is 5. The van der Waals surface area contributed by atoms with Crippen molar-refractivity contribution in [3.8, 4) is 5.69 Å². The summed E-state index contributed by atoms with van der Waals surface area (Å²) in [4.78, 5) is 30.5. The van der Waals surface area contributed by atoms with E-state index in [4.69, 9.17) is 5.73 Å². The van der Waals surface area contributed by atoms with Crippen LogP contribution in [0.1, 0.15) is 16.1 Å². The molecule has 0 saturated carbocycles. The van der Waals surface area contributed by atoms with Crippen LogP contribution >= 0.6 is 0 Å². The average molecular weight is 374 g/mol. The molecule has 4 aromatic rings. The van der Waals surface area contributed by atoms with Gasteiger partial charge in [0.15, 0.2) is 0 Å². The Labute approximate surface area is 160 Å². The molecule has 0 unspecified atom stereocenters. The minimum Gasteiger partial charge on any atom is -0.364 e. The summed E-state index contributed by atoms with van der Waals surface area (Å²) in [7, 11) is 1.77. The number of carbonyl (C=O) groups is 1. The van der Waals surface area contributed by atoms with Gasteiger partial charge >= 0.3 is 0 Å². The lowest BCUT2D eigenvalue weighted by Crippen LogP contribution is -2.29. The van der Waals surface area contributed by atoms with Crippen LogP contribution in [0.3, 0.4) is 0 Å². The Hall–Kier alpha value is -3.94. The van der Waals surface area contributed by atoms with Gasteiger partial charge in [-0.3, -0.25) is 14.6 Å². The number of rotatable bonds is 4. The van der Waals surface area contributed by atoms with Gasteiger partial charge in [-0.15, -0.1) is 5.10 Å². The van der Waals surface area contributed by atoms with Crippen LogP contribution in [-0.2, 0) is 0 Å². The summed E-state index contributed by atoms with van der Waals surface area (Å²) in [5, 5.41) is 4.63. The molecule has 1 aromatic carbocycles. The highest BCUT2D eigenvalue weighted by Gasteiger charge is 2.19. The van der Waals surface area contributed by atoms with E-state index in [-0.39, 0.29) is 11.3 Å². The fraction of sp³-hybridized carbons (Fsp3) is 0.100. The predicted molar refractivity (Wildman–Crippen MR) is 106 cm³/mol. The number of carbonyl (C=O) groups excluding carboxylic acids is 1. The number of aryl methyl sites for hydroxylation is 1. The second-order valence-corrected chi connectivity index (χ2v) is 6.39. The van der Waals surface area contributed by atoms with Crippen LogP contribution in [0.25, 0.3) is 11.2 Å². The van der Waals surface area contributed by atoms with E-state index in [1.165, 1.54) is 6.20 Å². The molecule has 28 heavy (non-hydrogen) atoms. The van der Waals surface area contributed by atoms with E-state index in [9.17, 15) is 9.59 Å². The Bertz CT molecular complexity index is 1260. The van der Waals surface area contributed by atoms with Crippen molar-refractivity contribution >= 4 is 23.1 Å². The van der Waals surface area contributed by atoms with Gasteiger partial charge in [-0.25, -0.2) is 9.08 Å². The molecule has 3 aromatic heterocycles. The first-order valence-electron chi connectivity index (χ1n) is 8.63. The molecule has 0 aliphatic carbocycles. The topological polar surface area (TPSA) is 98.5 Å². The molecule has 3 heterocycles. The summed E-state index contributed by atoms with van der Waals surface area (Å²) in [5.41, 5.74) is 8.05. The SMILES string of the molecule is Cc1ccccc1-n1c(N(C)c2ccnc(C(N)=O)c2)nn2cccc2c1=O. The normalized spacial score (nSPS) is 10.9. The summed E-state index contributed by atoms with van der Waals surface area (Å²) in [6.07, 6.45) is 3.22. The third-order valence-corrected chi connectivity index (χ3v) is 4.59. The Morgan fingerprint density at radius 3 is 2.68 bits per heavy atom. The van der Waals surface area contributed by atoms with Crippen molar-refractivity contribution in [1.82, 2.24) is 19.2 Å². The first-order valence-corrected chi connectivity index (χ1v) is 8.63. The quantitative estimate of drug-likeness (QED) is 0.589. The van der Waals surface area contributed by atoms with Crippen LogP contribution in [0.5, 0.6) is 0 Å². The fourth-order valence-electron chi connectivity index (χ4n) is 3.10. The zero-order chi connectivity index (χ0) is 19.8. The maximum atomic E-state index is 13.3. The van der Waals surface area contributed by atoms with E-state index >= 15 is 0 Å². The number of fused-ring (bicyclic) bond motifs is 1. The summed E-state index contributed by atoms with van der Waals surface area (Å²) < 4.78 is 3.11. The third-order valence-electron chi connectivity index (χ3n) is 4.59. The lowest BCUT2D eigenvalue weighted by molar-refractivity contribution is 0.0995. The number of hydrogen-bond donors (Lipinski definition) is 1. The molecular weight excluding hydrogens is 356 g/mol. The fourth-order valence-corrected chi connectivity index (χ4v) is 3.10. The van der Waals surface area contributed by atoms with Gasteiger partial charge in [0.2, 0.25) is 5.95 Å². The maximum absolute atomic E-state index is 13.3. The van der Waals surface area contributed by atoms with Gasteiger partial charge in [0, 0.05) is 25.1 Å². The minimum atomic E-state index is -0.625. The minimum absolute atomic E-state index is 0.135. The number of pyridine rings is 1. The molecule has 0 bridgehead atoms. The van der Waals surface area contributed by atoms with E-state index < -0.39 is 5.91 Å². The molecule has 4 rings (SSSR count). The van der Waals surface area contributed by atoms with Crippen LogP contribution in [0.2, 0.25) is 0 Å². The number of nitrogens with two attached hydrogens (primary N) is 1. The smallest absolute Gasteiger partial charge is 0.283 e. The van der Waals surface area contributed by atoms with E-state index in [1.54, 1.807) is 51.5 Å². The predicted octanol–water partition coefficient (Wildman–Crippen LogP) is 2.06. The molecule has 0 fully saturated rings. The van der Waals surface area contributed by atoms with Gasteiger partial charge in [0.25, 0.3) is 11.5 Å². The lowest BCUT2D eigenvalue weighted by Gasteiger charge is -2.23. The van der Waals surface area contributed by atoms with Crippen LogP contribution in [-0.4, -0.2) is 32.1 Å². The van der Waals surface area contributed by atoms with Crippen LogP contribution in [0.15, 0.2) is 65.7 Å². The average Bonchev–Trinajstić information content (AvgIpc) is 3.17. The molecule has 140 valence electrons. The van der Waals surface area contributed by atoms with Gasteiger partial charge < -0.3 is 10.6 Å². The maximum Gasteiger partial charge on any atom is 0.283 e. The van der Waals surface area contributed by atoms with Crippen LogP contribution < -0.4 is 16.2 Å². The summed E-state index contributed by atoms with van der Waals surface area (Å²) in [5.74, 6) is -0.231. The molecule has 8 heteroatoms. The second kappa shape index (κ2) is 6.66. The summed E-state index contributed by atoms with van der Waals surface area (Å²) in [6, 6.07) is 14.4. The molecule has 0 spiro atoms. The van der Waals surface area contributed by atoms with Crippen molar-refractivity contribution in [1.29, 1.82) is 0 Å². The van der Waals surface area contributed by atoms with Gasteiger partial charge in [0.1, 0.15) is 11.2 Å². The largest absolute Gasteiger partial charge is 0.364 e. The van der Waals surface area contributed by atoms with Crippen molar-refractivity contribution < 1.29 is 4.79 Å². The Kier molecular flexibility index (Phi) is 4.15. The van der Waals surface area contributed by atoms with Gasteiger partial charge in [-0.05, 0) is 42.8 Å². The number of anilines is 2. The zero-order valence-corrected chi connectivity index (χ0v) is 15.4. The van der Waals surface area contributed by atoms with Gasteiger partial charge in [-0.2, -0.15) is 0 Å². The van der Waals surface area contributed by atoms with Crippen molar-refractivity contribution in [2.24, 2.45) is 5.73 Å². The molecule has 0 aliphatic heterocycles. The van der Waals surface area contributed by atoms with E-state index in [0.29, 0.717) is 17.2 Å². The van der Waals surface area contributed by atoms with Crippen molar-refractivity contribution in [2.45, 2.75) is 6.92 Å².